The summed E-state index contributed by atoms with van der Waals surface area (Å²) >= 11 is 0. The molecule has 1 aromatic carbocycles. The topological polar surface area (TPSA) is 185 Å². The van der Waals surface area contributed by atoms with Crippen LogP contribution in [0, 0.1) is 17.8 Å². The lowest BCUT2D eigenvalue weighted by Gasteiger charge is -2.32. The molecule has 3 aliphatic carbocycles. The molecule has 2 aliphatic heterocycles. The van der Waals surface area contributed by atoms with Crippen LogP contribution in [0.2, 0.25) is 0 Å². The van der Waals surface area contributed by atoms with Crippen molar-refractivity contribution >= 4 is 44.6 Å². The quantitative estimate of drug-likeness (QED) is 0.339. The van der Waals surface area contributed by atoms with E-state index in [0.717, 1.165) is 29.0 Å². The van der Waals surface area contributed by atoms with E-state index < -0.39 is 74.7 Å². The maximum Gasteiger partial charge on any atom is 0.405 e. The third kappa shape index (κ3) is 7.15. The Labute approximate surface area is 303 Å². The number of ether oxygens (including phenoxy) is 2. The summed E-state index contributed by atoms with van der Waals surface area (Å²) in [5.41, 5.74) is -1.51. The van der Waals surface area contributed by atoms with E-state index in [1.807, 2.05) is 50.3 Å². The number of nitrogens with one attached hydrogen (secondary N) is 2. The molecule has 4 fully saturated rings. The van der Waals surface area contributed by atoms with Crippen LogP contribution in [0.3, 0.4) is 0 Å². The first kappa shape index (κ1) is 36.0. The molecule has 3 N–H and O–H groups in total. The summed E-state index contributed by atoms with van der Waals surface area (Å²) in [5.74, 6) is -1.70. The molecule has 0 spiro atoms. The Bertz CT molecular complexity index is 1900. The van der Waals surface area contributed by atoms with E-state index in [4.69, 9.17) is 9.47 Å². The van der Waals surface area contributed by atoms with Gasteiger partial charge in [-0.25, -0.2) is 22.5 Å². The van der Waals surface area contributed by atoms with Gasteiger partial charge in [-0.1, -0.05) is 44.2 Å². The number of amides is 4. The zero-order valence-corrected chi connectivity index (χ0v) is 30.5. The molecule has 4 amide bonds. The fourth-order valence-electron chi connectivity index (χ4n) is 7.77. The highest BCUT2D eigenvalue weighted by Crippen LogP contribution is 2.48. The average Bonchev–Trinajstić information content (AvgIpc) is 4.02. The van der Waals surface area contributed by atoms with E-state index in [1.165, 1.54) is 11.9 Å². The van der Waals surface area contributed by atoms with Gasteiger partial charge in [0.05, 0.1) is 24.1 Å². The minimum atomic E-state index is -3.89. The molecule has 15 heteroatoms. The number of carbonyl (C=O) groups is 4. The highest BCUT2D eigenvalue weighted by molar-refractivity contribution is 7.90. The van der Waals surface area contributed by atoms with Crippen LogP contribution >= 0.6 is 0 Å². The maximum absolute atomic E-state index is 14.4. The molecule has 52 heavy (non-hydrogen) atoms. The number of hydrogen-bond donors (Lipinski definition) is 3. The number of pyridine rings is 1. The SMILES string of the molecule is C[C@@H]1CCC=C[C@@H]2C[C@@]2(C(=O)N(C)S(=O)(=O)C2CC2)NC(=O)[C@@H]2C[C@@H](Oc3ncc(OC4CC4)c4ccccc34)CN2C(=O)[C@@H](NC(=O)O)[C@H](C)C1. The van der Waals surface area contributed by atoms with Crippen LogP contribution in [0.4, 0.5) is 4.79 Å². The van der Waals surface area contributed by atoms with Crippen LogP contribution < -0.4 is 20.1 Å². The zero-order chi connectivity index (χ0) is 36.9. The molecule has 3 heterocycles. The van der Waals surface area contributed by atoms with Crippen molar-refractivity contribution in [2.24, 2.45) is 17.8 Å². The second-order valence-electron chi connectivity index (χ2n) is 15.3. The summed E-state index contributed by atoms with van der Waals surface area (Å²) in [5, 5.41) is 16.0. The number of rotatable bonds is 8. The van der Waals surface area contributed by atoms with Crippen LogP contribution in [-0.4, -0.2) is 100 Å². The molecule has 3 saturated carbocycles. The minimum Gasteiger partial charge on any atom is -0.488 e. The molecule has 0 radical (unpaired) electrons. The molecular weight excluding hydrogens is 691 g/mol. The number of allylic oxidation sites excluding steroid dienone is 1. The van der Waals surface area contributed by atoms with Crippen LogP contribution in [0.1, 0.15) is 71.6 Å². The standard InChI is InChI=1S/C37H47N5O9S/c1-21-8-4-5-9-23-18-37(23,35(45)41(3)52(48,49)26-14-15-26)40-32(43)29-17-25(20-42(29)34(44)31(22(2)16-21)39-36(46)47)51-33-28-11-7-6-10-27(28)30(19-38-33)50-24-12-13-24/h5-7,9-11,19,21-26,29,31,39H,4,8,12-18,20H2,1-3H3,(H,40,43)(H,46,47)/t21-,22-,23-,25-,29+,31+,37-/m1/s1. The molecule has 2 aromatic rings. The van der Waals surface area contributed by atoms with Crippen molar-refractivity contribution in [1.82, 2.24) is 24.8 Å². The predicted molar refractivity (Wildman–Crippen MR) is 190 cm³/mol. The Morgan fingerprint density at radius 3 is 2.46 bits per heavy atom. The van der Waals surface area contributed by atoms with Gasteiger partial charge in [0.15, 0.2) is 0 Å². The van der Waals surface area contributed by atoms with Crippen LogP contribution in [0.15, 0.2) is 42.6 Å². The molecule has 5 aliphatic rings. The van der Waals surface area contributed by atoms with Crippen LogP contribution in [0.25, 0.3) is 10.8 Å². The van der Waals surface area contributed by atoms with Gasteiger partial charge in [-0.15, -0.1) is 0 Å². The third-order valence-electron chi connectivity index (χ3n) is 11.1. The lowest BCUT2D eigenvalue weighted by atomic mass is 9.88. The van der Waals surface area contributed by atoms with Crippen molar-refractivity contribution in [3.05, 3.63) is 42.6 Å². The van der Waals surface area contributed by atoms with E-state index >= 15 is 0 Å². The molecule has 0 unspecified atom stereocenters. The number of nitrogens with zero attached hydrogens (tertiary/aromatic N) is 3. The summed E-state index contributed by atoms with van der Waals surface area (Å²) in [6.45, 7) is 3.81. The van der Waals surface area contributed by atoms with Gasteiger partial charge in [0.25, 0.3) is 5.91 Å². The van der Waals surface area contributed by atoms with Gasteiger partial charge in [0, 0.05) is 30.2 Å². The van der Waals surface area contributed by atoms with Crippen molar-refractivity contribution in [1.29, 1.82) is 0 Å². The molecule has 7 rings (SSSR count). The van der Waals surface area contributed by atoms with Crippen molar-refractivity contribution in [3.8, 4) is 11.6 Å². The Morgan fingerprint density at radius 2 is 1.77 bits per heavy atom. The van der Waals surface area contributed by atoms with E-state index in [1.54, 1.807) is 6.20 Å². The summed E-state index contributed by atoms with van der Waals surface area (Å²) in [4.78, 5) is 60.8. The summed E-state index contributed by atoms with van der Waals surface area (Å²) in [7, 11) is -2.65. The van der Waals surface area contributed by atoms with Gasteiger partial charge in [0.1, 0.15) is 29.5 Å². The molecule has 7 atom stereocenters. The highest BCUT2D eigenvalue weighted by Gasteiger charge is 2.63. The van der Waals surface area contributed by atoms with Gasteiger partial charge in [-0.2, -0.15) is 0 Å². The van der Waals surface area contributed by atoms with E-state index in [2.05, 4.69) is 15.6 Å². The Kier molecular flexibility index (Phi) is 9.59. The van der Waals surface area contributed by atoms with Crippen molar-refractivity contribution in [2.45, 2.75) is 107 Å². The first-order valence-electron chi connectivity index (χ1n) is 18.3. The normalized spacial score (nSPS) is 31.0. The largest absolute Gasteiger partial charge is 0.488 e. The second-order valence-corrected chi connectivity index (χ2v) is 17.6. The van der Waals surface area contributed by atoms with Crippen molar-refractivity contribution < 1.29 is 42.2 Å². The first-order valence-corrected chi connectivity index (χ1v) is 19.8. The molecule has 1 aromatic heterocycles. The second kappa shape index (κ2) is 13.9. The van der Waals surface area contributed by atoms with Crippen molar-refractivity contribution in [2.75, 3.05) is 13.6 Å². The first-order chi connectivity index (χ1) is 24.8. The number of likely N-dealkylation sites (N-methyl/N-ethyl adjacent to an activating group) is 1. The summed E-state index contributed by atoms with van der Waals surface area (Å²) < 4.78 is 39.6. The number of sulfonamides is 1. The van der Waals surface area contributed by atoms with Gasteiger partial charge in [-0.3, -0.25) is 14.4 Å². The smallest absolute Gasteiger partial charge is 0.405 e. The van der Waals surface area contributed by atoms with E-state index in [-0.39, 0.29) is 31.4 Å². The number of benzene rings is 1. The Hall–Kier alpha value is -4.40. The Morgan fingerprint density at radius 1 is 1.04 bits per heavy atom. The molecule has 0 bridgehead atoms. The molecule has 1 saturated heterocycles. The zero-order valence-electron chi connectivity index (χ0n) is 29.7. The Balaban J connectivity index is 1.21. The molecular formula is C37H47N5O9S. The number of hydrogen-bond acceptors (Lipinski definition) is 9. The molecule has 280 valence electrons. The lowest BCUT2D eigenvalue weighted by Crippen LogP contribution is -2.59. The van der Waals surface area contributed by atoms with Gasteiger partial charge in [0.2, 0.25) is 27.7 Å². The number of carbonyl (C=O) groups excluding carboxylic acids is 3. The van der Waals surface area contributed by atoms with Gasteiger partial charge in [-0.05, 0) is 69.3 Å². The number of fused-ring (bicyclic) bond motifs is 3. The van der Waals surface area contributed by atoms with Crippen LogP contribution in [0.5, 0.6) is 11.6 Å². The van der Waals surface area contributed by atoms with Crippen molar-refractivity contribution in [3.63, 3.8) is 0 Å². The number of carboxylic acid groups (broad SMARTS) is 1. The average molecular weight is 738 g/mol. The highest BCUT2D eigenvalue weighted by atomic mass is 32.2. The number of aromatic nitrogens is 1. The van der Waals surface area contributed by atoms with E-state index in [9.17, 15) is 32.7 Å². The third-order valence-corrected chi connectivity index (χ3v) is 13.3. The minimum absolute atomic E-state index is 0.0273. The van der Waals surface area contributed by atoms with E-state index in [0.29, 0.717) is 42.7 Å². The summed E-state index contributed by atoms with van der Waals surface area (Å²) in [6.07, 6.45) is 8.62. The summed E-state index contributed by atoms with van der Waals surface area (Å²) in [6, 6.07) is 5.24. The lowest BCUT2D eigenvalue weighted by molar-refractivity contribution is -0.142. The van der Waals surface area contributed by atoms with Crippen LogP contribution in [-0.2, 0) is 24.4 Å². The maximum atomic E-state index is 14.4. The molecule has 14 nitrogen and oxygen atoms in total. The van der Waals surface area contributed by atoms with Gasteiger partial charge >= 0.3 is 6.09 Å². The predicted octanol–water partition coefficient (Wildman–Crippen LogP) is 3.60. The van der Waals surface area contributed by atoms with Gasteiger partial charge < -0.3 is 30.1 Å². The monoisotopic (exact) mass is 737 g/mol. The fraction of sp³-hybridized carbons (Fsp3) is 0.595. The fourth-order valence-corrected chi connectivity index (χ4v) is 9.34.